The molecule has 1 unspecified atom stereocenters. The Morgan fingerprint density at radius 3 is 2.19 bits per heavy atom. The Labute approximate surface area is 100 Å². The minimum atomic E-state index is 0.615. The molecule has 1 aromatic carbocycles. The Bertz CT molecular complexity index is 353. The lowest BCUT2D eigenvalue weighted by atomic mass is 9.83. The molecule has 0 aliphatic rings. The zero-order valence-corrected chi connectivity index (χ0v) is 11.5. The number of hydrogen-bond donors (Lipinski definition) is 1. The zero-order valence-electron chi connectivity index (χ0n) is 11.5. The van der Waals surface area contributed by atoms with E-state index in [1.807, 2.05) is 7.05 Å². The average molecular weight is 219 g/mol. The van der Waals surface area contributed by atoms with Crippen LogP contribution in [-0.2, 0) is 0 Å². The second kappa shape index (κ2) is 5.49. The number of benzene rings is 1. The van der Waals surface area contributed by atoms with Crippen LogP contribution in [0.2, 0.25) is 0 Å². The van der Waals surface area contributed by atoms with E-state index in [4.69, 9.17) is 0 Å². The maximum atomic E-state index is 3.31. The van der Waals surface area contributed by atoms with E-state index in [0.717, 1.165) is 6.54 Å². The summed E-state index contributed by atoms with van der Waals surface area (Å²) in [6.07, 6.45) is 0. The maximum Gasteiger partial charge on any atom is 0.00197 e. The number of rotatable bonds is 4. The first kappa shape index (κ1) is 13.2. The fraction of sp³-hybridized carbons (Fsp3) is 0.600. The second-order valence-electron chi connectivity index (χ2n) is 5.13. The van der Waals surface area contributed by atoms with Crippen molar-refractivity contribution in [1.29, 1.82) is 0 Å². The fourth-order valence-electron chi connectivity index (χ4n) is 2.30. The third-order valence-corrected chi connectivity index (χ3v) is 3.73. The normalized spacial score (nSPS) is 13.2. The van der Waals surface area contributed by atoms with Gasteiger partial charge in [0.25, 0.3) is 0 Å². The number of hydrogen-bond acceptors (Lipinski definition) is 1. The van der Waals surface area contributed by atoms with E-state index >= 15 is 0 Å². The van der Waals surface area contributed by atoms with Gasteiger partial charge in [0.15, 0.2) is 0 Å². The predicted molar refractivity (Wildman–Crippen MR) is 72.2 cm³/mol. The van der Waals surface area contributed by atoms with Crippen molar-refractivity contribution in [3.63, 3.8) is 0 Å². The highest BCUT2D eigenvalue weighted by Gasteiger charge is 2.17. The molecule has 1 N–H and O–H groups in total. The van der Waals surface area contributed by atoms with Crippen molar-refractivity contribution in [1.82, 2.24) is 5.32 Å². The smallest absolute Gasteiger partial charge is 0.00197 e. The van der Waals surface area contributed by atoms with Crippen LogP contribution in [0.1, 0.15) is 42.0 Å². The zero-order chi connectivity index (χ0) is 12.3. The molecule has 0 spiro atoms. The van der Waals surface area contributed by atoms with Crippen molar-refractivity contribution in [3.8, 4) is 0 Å². The molecule has 1 rings (SSSR count). The number of aryl methyl sites for hydroxylation is 1. The van der Waals surface area contributed by atoms with Gasteiger partial charge in [0.1, 0.15) is 0 Å². The van der Waals surface area contributed by atoms with Crippen molar-refractivity contribution in [3.05, 3.63) is 34.4 Å². The minimum Gasteiger partial charge on any atom is -0.319 e. The maximum absolute atomic E-state index is 3.31. The van der Waals surface area contributed by atoms with Crippen LogP contribution in [0, 0.1) is 26.7 Å². The third-order valence-electron chi connectivity index (χ3n) is 3.73. The molecule has 0 heterocycles. The van der Waals surface area contributed by atoms with Gasteiger partial charge in [0.05, 0.1) is 0 Å². The molecule has 16 heavy (non-hydrogen) atoms. The van der Waals surface area contributed by atoms with Gasteiger partial charge in [-0.15, -0.1) is 0 Å². The molecule has 0 aliphatic carbocycles. The molecule has 90 valence electrons. The molecule has 0 aliphatic heterocycles. The Hall–Kier alpha value is -0.820. The third kappa shape index (κ3) is 2.65. The van der Waals surface area contributed by atoms with Gasteiger partial charge in [-0.05, 0) is 61.9 Å². The molecular weight excluding hydrogens is 194 g/mol. The van der Waals surface area contributed by atoms with Crippen molar-refractivity contribution >= 4 is 0 Å². The van der Waals surface area contributed by atoms with Gasteiger partial charge in [-0.25, -0.2) is 0 Å². The van der Waals surface area contributed by atoms with Crippen LogP contribution >= 0.6 is 0 Å². The Morgan fingerprint density at radius 2 is 1.69 bits per heavy atom. The summed E-state index contributed by atoms with van der Waals surface area (Å²) >= 11 is 0. The summed E-state index contributed by atoms with van der Waals surface area (Å²) in [7, 11) is 2.03. The Kier molecular flexibility index (Phi) is 4.55. The molecule has 0 radical (unpaired) electrons. The van der Waals surface area contributed by atoms with Gasteiger partial charge in [-0.3, -0.25) is 0 Å². The summed E-state index contributed by atoms with van der Waals surface area (Å²) in [6.45, 7) is 12.3. The van der Waals surface area contributed by atoms with Gasteiger partial charge in [0.2, 0.25) is 0 Å². The lowest BCUT2D eigenvalue weighted by Crippen LogP contribution is -2.22. The molecule has 0 bridgehead atoms. The van der Waals surface area contributed by atoms with E-state index < -0.39 is 0 Å². The van der Waals surface area contributed by atoms with E-state index in [0.29, 0.717) is 11.8 Å². The van der Waals surface area contributed by atoms with Crippen molar-refractivity contribution < 1.29 is 0 Å². The number of nitrogens with one attached hydrogen (secondary N) is 1. The van der Waals surface area contributed by atoms with Gasteiger partial charge >= 0.3 is 0 Å². The van der Waals surface area contributed by atoms with Crippen LogP contribution in [0.5, 0.6) is 0 Å². The van der Waals surface area contributed by atoms with Crippen molar-refractivity contribution in [2.45, 2.75) is 40.5 Å². The summed E-state index contributed by atoms with van der Waals surface area (Å²) in [4.78, 5) is 0. The number of likely N-dealkylation sites (N-methyl/N-ethyl adjacent to an activating group) is 1. The quantitative estimate of drug-likeness (QED) is 0.816. The first-order chi connectivity index (χ1) is 7.49. The van der Waals surface area contributed by atoms with Crippen LogP contribution in [0.15, 0.2) is 12.1 Å². The molecule has 0 fully saturated rings. The highest BCUT2D eigenvalue weighted by molar-refractivity contribution is 5.40. The minimum absolute atomic E-state index is 0.615. The van der Waals surface area contributed by atoms with Crippen LogP contribution < -0.4 is 5.32 Å². The van der Waals surface area contributed by atoms with Crippen LogP contribution in [0.4, 0.5) is 0 Å². The molecule has 1 atom stereocenters. The second-order valence-corrected chi connectivity index (χ2v) is 5.13. The van der Waals surface area contributed by atoms with E-state index in [9.17, 15) is 0 Å². The first-order valence-corrected chi connectivity index (χ1v) is 6.20. The average Bonchev–Trinajstić information content (AvgIpc) is 2.24. The summed E-state index contributed by atoms with van der Waals surface area (Å²) in [5.74, 6) is 1.29. The van der Waals surface area contributed by atoms with Crippen LogP contribution in [-0.4, -0.2) is 13.6 Å². The Morgan fingerprint density at radius 1 is 1.06 bits per heavy atom. The molecular formula is C15H25N. The predicted octanol–water partition coefficient (Wildman–Crippen LogP) is 3.57. The highest BCUT2D eigenvalue weighted by atomic mass is 14.8. The van der Waals surface area contributed by atoms with E-state index in [1.54, 1.807) is 0 Å². The first-order valence-electron chi connectivity index (χ1n) is 6.20. The summed E-state index contributed by atoms with van der Waals surface area (Å²) in [5, 5.41) is 3.31. The topological polar surface area (TPSA) is 12.0 Å². The van der Waals surface area contributed by atoms with Crippen molar-refractivity contribution in [2.24, 2.45) is 5.92 Å². The molecule has 1 heteroatoms. The monoisotopic (exact) mass is 219 g/mol. The van der Waals surface area contributed by atoms with E-state index in [-0.39, 0.29) is 0 Å². The van der Waals surface area contributed by atoms with Gasteiger partial charge in [-0.1, -0.05) is 26.0 Å². The molecule has 0 saturated carbocycles. The standard InChI is InChI=1S/C15H25N/c1-10(2)15(9-16-6)14-8-7-11(3)12(4)13(14)5/h7-8,10,15-16H,9H2,1-6H3. The molecule has 0 amide bonds. The highest BCUT2D eigenvalue weighted by Crippen LogP contribution is 2.29. The SMILES string of the molecule is CNCC(c1ccc(C)c(C)c1C)C(C)C. The molecule has 1 nitrogen and oxygen atoms in total. The van der Waals surface area contributed by atoms with Crippen LogP contribution in [0.25, 0.3) is 0 Å². The van der Waals surface area contributed by atoms with E-state index in [2.05, 4.69) is 52.1 Å². The Balaban J connectivity index is 3.15. The van der Waals surface area contributed by atoms with Gasteiger partial charge < -0.3 is 5.32 Å². The summed E-state index contributed by atoms with van der Waals surface area (Å²) in [6, 6.07) is 4.56. The van der Waals surface area contributed by atoms with Crippen LogP contribution in [0.3, 0.4) is 0 Å². The molecule has 1 aromatic rings. The lowest BCUT2D eigenvalue weighted by molar-refractivity contribution is 0.476. The van der Waals surface area contributed by atoms with Crippen molar-refractivity contribution in [2.75, 3.05) is 13.6 Å². The van der Waals surface area contributed by atoms with Gasteiger partial charge in [0, 0.05) is 6.54 Å². The fourth-order valence-corrected chi connectivity index (χ4v) is 2.30. The lowest BCUT2D eigenvalue weighted by Gasteiger charge is -2.24. The van der Waals surface area contributed by atoms with Gasteiger partial charge in [-0.2, -0.15) is 0 Å². The molecule has 0 aromatic heterocycles. The molecule has 0 saturated heterocycles. The largest absolute Gasteiger partial charge is 0.319 e. The summed E-state index contributed by atoms with van der Waals surface area (Å²) in [5.41, 5.74) is 5.81. The summed E-state index contributed by atoms with van der Waals surface area (Å²) < 4.78 is 0. The van der Waals surface area contributed by atoms with E-state index in [1.165, 1.54) is 22.3 Å².